The predicted octanol–water partition coefficient (Wildman–Crippen LogP) is 3.48. The predicted molar refractivity (Wildman–Crippen MR) is 80.2 cm³/mol. The number of hydrogen-bond donors (Lipinski definition) is 1. The summed E-state index contributed by atoms with van der Waals surface area (Å²) in [5, 5.41) is -0.524. The first kappa shape index (κ1) is 16.8. The number of halogens is 1. The fourth-order valence-corrected chi connectivity index (χ4v) is 4.53. The van der Waals surface area contributed by atoms with Gasteiger partial charge in [0.05, 0.1) is 4.90 Å². The Balaban J connectivity index is 2.13. The summed E-state index contributed by atoms with van der Waals surface area (Å²) in [7, 11) is -6.44. The van der Waals surface area contributed by atoms with Crippen LogP contribution in [0.2, 0.25) is 5.02 Å². The van der Waals surface area contributed by atoms with Gasteiger partial charge in [0, 0.05) is 17.9 Å². The Bertz CT molecular complexity index is 608. The first-order chi connectivity index (χ1) is 9.86. The van der Waals surface area contributed by atoms with Gasteiger partial charge in [-0.3, -0.25) is 4.18 Å². The molecule has 1 aromatic rings. The molecule has 1 aliphatic rings. The summed E-state index contributed by atoms with van der Waals surface area (Å²) >= 11 is 5.72. The quantitative estimate of drug-likeness (QED) is 0.648. The third-order valence-electron chi connectivity index (χ3n) is 3.78. The van der Waals surface area contributed by atoms with Gasteiger partial charge in [0.1, 0.15) is 6.61 Å². The van der Waals surface area contributed by atoms with E-state index in [1.54, 1.807) is 0 Å². The lowest BCUT2D eigenvalue weighted by Gasteiger charge is -2.25. The second-order valence-electron chi connectivity index (χ2n) is 5.23. The Morgan fingerprint density at radius 2 is 1.76 bits per heavy atom. The summed E-state index contributed by atoms with van der Waals surface area (Å²) in [4.78, 5) is 9.54. The van der Waals surface area contributed by atoms with Crippen molar-refractivity contribution in [3.63, 3.8) is 0 Å². The normalized spacial score (nSPS) is 19.2. The fourth-order valence-electron chi connectivity index (χ4n) is 2.46. The lowest BCUT2D eigenvalue weighted by atomic mass is 9.89. The maximum absolute atomic E-state index is 12.1. The number of benzene rings is 1. The van der Waals surface area contributed by atoms with Crippen molar-refractivity contribution in [1.82, 2.24) is 0 Å². The van der Waals surface area contributed by atoms with E-state index in [1.165, 1.54) is 24.3 Å². The fraction of sp³-hybridized carbons (Fsp3) is 0.538. The highest BCUT2D eigenvalue weighted by Crippen LogP contribution is 2.47. The maximum Gasteiger partial charge on any atom is 0.514 e. The SMILES string of the molecule is O=[P+](O)C1(COS(=O)(=O)c2ccc(Cl)cc2)CCCCC1. The van der Waals surface area contributed by atoms with Crippen molar-refractivity contribution >= 4 is 29.7 Å². The van der Waals surface area contributed by atoms with Crippen LogP contribution in [0.15, 0.2) is 29.2 Å². The highest BCUT2D eigenvalue weighted by Gasteiger charge is 2.51. The topological polar surface area (TPSA) is 80.7 Å². The van der Waals surface area contributed by atoms with Gasteiger partial charge in [0.25, 0.3) is 10.1 Å². The van der Waals surface area contributed by atoms with Gasteiger partial charge in [-0.05, 0) is 41.7 Å². The van der Waals surface area contributed by atoms with Gasteiger partial charge < -0.3 is 0 Å². The lowest BCUT2D eigenvalue weighted by molar-refractivity contribution is 0.222. The van der Waals surface area contributed by atoms with Crippen LogP contribution in [-0.4, -0.2) is 25.1 Å². The summed E-state index contributed by atoms with van der Waals surface area (Å²) in [5.74, 6) is 0. The van der Waals surface area contributed by atoms with Crippen LogP contribution in [0.1, 0.15) is 32.1 Å². The molecule has 0 aromatic heterocycles. The molecule has 0 bridgehead atoms. The van der Waals surface area contributed by atoms with Crippen LogP contribution >= 0.6 is 19.6 Å². The van der Waals surface area contributed by atoms with Crippen molar-refractivity contribution in [2.75, 3.05) is 6.61 Å². The van der Waals surface area contributed by atoms with Gasteiger partial charge in [0.2, 0.25) is 5.16 Å². The Hall–Kier alpha value is -0.520. The van der Waals surface area contributed by atoms with Crippen molar-refractivity contribution in [1.29, 1.82) is 0 Å². The molecule has 0 amide bonds. The summed E-state index contributed by atoms with van der Waals surface area (Å²) in [6.07, 6.45) is 3.64. The smallest absolute Gasteiger partial charge is 0.261 e. The highest BCUT2D eigenvalue weighted by atomic mass is 35.5. The van der Waals surface area contributed by atoms with E-state index in [1.807, 2.05) is 0 Å². The van der Waals surface area contributed by atoms with Crippen LogP contribution in [0.3, 0.4) is 0 Å². The van der Waals surface area contributed by atoms with E-state index in [-0.39, 0.29) is 11.5 Å². The summed E-state index contributed by atoms with van der Waals surface area (Å²) in [5.41, 5.74) is 0. The van der Waals surface area contributed by atoms with Gasteiger partial charge in [-0.1, -0.05) is 18.0 Å². The third-order valence-corrected chi connectivity index (χ3v) is 6.69. The Morgan fingerprint density at radius 3 is 2.29 bits per heavy atom. The summed E-state index contributed by atoms with van der Waals surface area (Å²) < 4.78 is 40.9. The molecule has 5 nitrogen and oxygen atoms in total. The molecular formula is C13H17ClO5PS+. The highest BCUT2D eigenvalue weighted by molar-refractivity contribution is 7.86. The van der Waals surface area contributed by atoms with Crippen LogP contribution in [0.5, 0.6) is 0 Å². The molecule has 1 atom stereocenters. The maximum atomic E-state index is 12.1. The molecule has 1 aromatic carbocycles. The molecule has 116 valence electrons. The molecule has 1 saturated carbocycles. The molecule has 1 fully saturated rings. The average molecular weight is 352 g/mol. The Morgan fingerprint density at radius 1 is 1.19 bits per heavy atom. The zero-order valence-electron chi connectivity index (χ0n) is 11.4. The van der Waals surface area contributed by atoms with Crippen molar-refractivity contribution < 1.29 is 22.1 Å². The van der Waals surface area contributed by atoms with E-state index in [9.17, 15) is 17.9 Å². The Labute approximate surface area is 130 Å². The largest absolute Gasteiger partial charge is 0.514 e. The van der Waals surface area contributed by atoms with Gasteiger partial charge in [-0.2, -0.15) is 13.3 Å². The second-order valence-corrected chi connectivity index (χ2v) is 8.77. The monoisotopic (exact) mass is 351 g/mol. The van der Waals surface area contributed by atoms with Gasteiger partial charge >= 0.3 is 8.03 Å². The zero-order chi connectivity index (χ0) is 15.5. The first-order valence-electron chi connectivity index (χ1n) is 6.67. The molecule has 1 unspecified atom stereocenters. The van der Waals surface area contributed by atoms with Gasteiger partial charge in [0.15, 0.2) is 0 Å². The van der Waals surface area contributed by atoms with Gasteiger partial charge in [-0.25, -0.2) is 0 Å². The first-order valence-corrected chi connectivity index (χ1v) is 9.67. The van der Waals surface area contributed by atoms with E-state index < -0.39 is 23.3 Å². The van der Waals surface area contributed by atoms with E-state index in [4.69, 9.17) is 15.8 Å². The second kappa shape index (κ2) is 6.71. The minimum Gasteiger partial charge on any atom is -0.261 e. The Kier molecular flexibility index (Phi) is 5.38. The van der Waals surface area contributed by atoms with E-state index in [0.717, 1.165) is 19.3 Å². The molecule has 0 spiro atoms. The van der Waals surface area contributed by atoms with Crippen molar-refractivity contribution in [2.45, 2.75) is 42.2 Å². The standard InChI is InChI=1S/C13H16ClO5PS/c14-11-4-6-12(7-5-11)21(17,18)19-10-13(20(15)16)8-2-1-3-9-13/h4-7H,1-3,8-10H2/p+1. The van der Waals surface area contributed by atoms with E-state index in [2.05, 4.69) is 0 Å². The summed E-state index contributed by atoms with van der Waals surface area (Å²) in [6.45, 7) is -0.260. The minimum atomic E-state index is -3.95. The van der Waals surface area contributed by atoms with Crippen LogP contribution in [-0.2, 0) is 18.9 Å². The molecule has 21 heavy (non-hydrogen) atoms. The molecule has 2 rings (SSSR count). The molecule has 0 radical (unpaired) electrons. The molecule has 1 N–H and O–H groups in total. The molecule has 1 aliphatic carbocycles. The van der Waals surface area contributed by atoms with Crippen LogP contribution in [0.25, 0.3) is 0 Å². The lowest BCUT2D eigenvalue weighted by Crippen LogP contribution is -2.34. The number of rotatable bonds is 5. The van der Waals surface area contributed by atoms with Crippen molar-refractivity contribution in [2.24, 2.45) is 0 Å². The minimum absolute atomic E-state index is 0.00831. The van der Waals surface area contributed by atoms with Gasteiger partial charge in [-0.15, -0.1) is 0 Å². The van der Waals surface area contributed by atoms with Crippen LogP contribution < -0.4 is 0 Å². The van der Waals surface area contributed by atoms with Crippen molar-refractivity contribution in [3.8, 4) is 0 Å². The molecular weight excluding hydrogens is 335 g/mol. The molecule has 0 saturated heterocycles. The van der Waals surface area contributed by atoms with E-state index >= 15 is 0 Å². The van der Waals surface area contributed by atoms with Crippen LogP contribution in [0.4, 0.5) is 0 Å². The number of hydrogen-bond acceptors (Lipinski definition) is 4. The average Bonchev–Trinajstić information content (AvgIpc) is 2.46. The zero-order valence-corrected chi connectivity index (χ0v) is 13.8. The van der Waals surface area contributed by atoms with Crippen LogP contribution in [0, 0.1) is 0 Å². The third kappa shape index (κ3) is 4.02. The molecule has 8 heteroatoms. The van der Waals surface area contributed by atoms with Crippen molar-refractivity contribution in [3.05, 3.63) is 29.3 Å². The van der Waals surface area contributed by atoms with E-state index in [0.29, 0.717) is 17.9 Å². The molecule has 0 aliphatic heterocycles. The summed E-state index contributed by atoms with van der Waals surface area (Å²) in [6, 6.07) is 5.62. The molecule has 0 heterocycles.